The third kappa shape index (κ3) is 7.66. The highest BCUT2D eigenvalue weighted by Gasteiger charge is 2.16. The second-order valence-corrected chi connectivity index (χ2v) is 11.0. The first-order valence-electron chi connectivity index (χ1n) is 15.0. The largest absolute Gasteiger partial charge is 0.457 e. The SMILES string of the molecule is C/C=C(\NCc1ccc(F)cc1)[C@H](C)NCc1cc2ccc(Oc3ccccc3)cc2n(CCN2CCCCC2)c1=O. The molecule has 42 heavy (non-hydrogen) atoms. The zero-order valence-electron chi connectivity index (χ0n) is 24.6. The molecule has 6 nitrogen and oxygen atoms in total. The van der Waals surface area contributed by atoms with Crippen LogP contribution in [0.3, 0.4) is 0 Å². The Morgan fingerprint density at radius 1 is 0.929 bits per heavy atom. The Morgan fingerprint density at radius 3 is 2.43 bits per heavy atom. The summed E-state index contributed by atoms with van der Waals surface area (Å²) in [6.07, 6.45) is 5.75. The van der Waals surface area contributed by atoms with Crippen molar-refractivity contribution in [3.8, 4) is 11.5 Å². The highest BCUT2D eigenvalue weighted by molar-refractivity contribution is 5.81. The summed E-state index contributed by atoms with van der Waals surface area (Å²) < 4.78 is 21.3. The molecule has 4 aromatic rings. The minimum absolute atomic E-state index is 0.00556. The van der Waals surface area contributed by atoms with Gasteiger partial charge in [-0.15, -0.1) is 0 Å². The standard InChI is InChI=1S/C35H41FN4O2/c1-3-33(38-24-27-12-15-30(36)16-13-27)26(2)37-25-29-22-28-14-17-32(42-31-10-6-4-7-11-31)23-34(28)40(35(29)41)21-20-39-18-8-5-9-19-39/h3-4,6-7,10-17,22-23,26,37-38H,5,8-9,18-21,24-25H2,1-2H3/b33-3-/t26-/m0/s1. The number of hydrogen-bond acceptors (Lipinski definition) is 5. The van der Waals surface area contributed by atoms with Crippen LogP contribution in [-0.4, -0.2) is 35.1 Å². The van der Waals surface area contributed by atoms with Crippen molar-refractivity contribution in [2.45, 2.75) is 58.8 Å². The highest BCUT2D eigenvalue weighted by Crippen LogP contribution is 2.26. The van der Waals surface area contributed by atoms with Gasteiger partial charge in [0, 0.05) is 49.5 Å². The van der Waals surface area contributed by atoms with Gasteiger partial charge in [0.15, 0.2) is 0 Å². The van der Waals surface area contributed by atoms with Gasteiger partial charge in [0.2, 0.25) is 0 Å². The Morgan fingerprint density at radius 2 is 1.69 bits per heavy atom. The van der Waals surface area contributed by atoms with Crippen molar-refractivity contribution in [2.75, 3.05) is 19.6 Å². The van der Waals surface area contributed by atoms with Crippen molar-refractivity contribution in [1.82, 2.24) is 20.1 Å². The Kier molecular flexibility index (Phi) is 10.1. The molecule has 0 spiro atoms. The van der Waals surface area contributed by atoms with Gasteiger partial charge < -0.3 is 24.8 Å². The Hall–Kier alpha value is -3.94. The Labute approximate surface area is 247 Å². The van der Waals surface area contributed by atoms with E-state index in [4.69, 9.17) is 4.74 Å². The van der Waals surface area contributed by atoms with Crippen LogP contribution >= 0.6 is 0 Å². The number of pyridine rings is 1. The lowest BCUT2D eigenvalue weighted by molar-refractivity contribution is 0.221. The minimum Gasteiger partial charge on any atom is -0.457 e. The maximum atomic E-state index is 13.9. The molecule has 1 fully saturated rings. The monoisotopic (exact) mass is 568 g/mol. The predicted octanol–water partition coefficient (Wildman–Crippen LogP) is 6.59. The maximum Gasteiger partial charge on any atom is 0.255 e. The summed E-state index contributed by atoms with van der Waals surface area (Å²) in [5.74, 6) is 1.24. The minimum atomic E-state index is -0.239. The lowest BCUT2D eigenvalue weighted by Crippen LogP contribution is -2.37. The summed E-state index contributed by atoms with van der Waals surface area (Å²) >= 11 is 0. The van der Waals surface area contributed by atoms with E-state index in [9.17, 15) is 9.18 Å². The molecule has 2 heterocycles. The zero-order chi connectivity index (χ0) is 29.3. The summed E-state index contributed by atoms with van der Waals surface area (Å²) in [6.45, 7) is 8.76. The van der Waals surface area contributed by atoms with Crippen LogP contribution in [-0.2, 0) is 19.6 Å². The molecule has 1 aliphatic rings. The molecule has 1 saturated heterocycles. The highest BCUT2D eigenvalue weighted by atomic mass is 19.1. The molecule has 2 N–H and O–H groups in total. The molecule has 0 saturated carbocycles. The topological polar surface area (TPSA) is 58.5 Å². The molecule has 7 heteroatoms. The summed E-state index contributed by atoms with van der Waals surface area (Å²) in [4.78, 5) is 16.4. The first-order chi connectivity index (χ1) is 20.5. The lowest BCUT2D eigenvalue weighted by atomic mass is 10.1. The molecule has 3 aromatic carbocycles. The van der Waals surface area contributed by atoms with Gasteiger partial charge >= 0.3 is 0 Å². The van der Waals surface area contributed by atoms with E-state index in [-0.39, 0.29) is 17.4 Å². The fraction of sp³-hybridized carbons (Fsp3) is 0.343. The Bertz CT molecular complexity index is 1540. The number of likely N-dealkylation sites (tertiary alicyclic amines) is 1. The number of benzene rings is 3. The van der Waals surface area contributed by atoms with E-state index >= 15 is 0 Å². The average Bonchev–Trinajstić information content (AvgIpc) is 3.02. The number of allylic oxidation sites excluding steroid dienone is 1. The van der Waals surface area contributed by atoms with Crippen molar-refractivity contribution in [3.05, 3.63) is 118 Å². The van der Waals surface area contributed by atoms with Crippen LogP contribution in [0.4, 0.5) is 4.39 Å². The van der Waals surface area contributed by atoms with Crippen LogP contribution in [0.15, 0.2) is 95.4 Å². The van der Waals surface area contributed by atoms with Crippen molar-refractivity contribution < 1.29 is 9.13 Å². The second-order valence-electron chi connectivity index (χ2n) is 11.0. The molecule has 0 bridgehead atoms. The van der Waals surface area contributed by atoms with Gasteiger partial charge in [-0.2, -0.15) is 0 Å². The second kappa shape index (κ2) is 14.3. The van der Waals surface area contributed by atoms with Gasteiger partial charge in [-0.1, -0.05) is 42.8 Å². The van der Waals surface area contributed by atoms with Crippen LogP contribution in [0, 0.1) is 5.82 Å². The van der Waals surface area contributed by atoms with Crippen LogP contribution in [0.5, 0.6) is 11.5 Å². The van der Waals surface area contributed by atoms with E-state index in [1.165, 1.54) is 31.4 Å². The maximum absolute atomic E-state index is 13.9. The van der Waals surface area contributed by atoms with E-state index < -0.39 is 0 Å². The summed E-state index contributed by atoms with van der Waals surface area (Å²) in [5.41, 5.74) is 3.67. The smallest absolute Gasteiger partial charge is 0.255 e. The third-order valence-electron chi connectivity index (χ3n) is 8.00. The molecular weight excluding hydrogens is 527 g/mol. The number of para-hydroxylation sites is 1. The van der Waals surface area contributed by atoms with Gasteiger partial charge in [0.05, 0.1) is 5.52 Å². The van der Waals surface area contributed by atoms with Crippen LogP contribution < -0.4 is 20.9 Å². The molecule has 0 radical (unpaired) electrons. The van der Waals surface area contributed by atoms with Gasteiger partial charge in [-0.05, 0) is 93.2 Å². The van der Waals surface area contributed by atoms with E-state index in [1.807, 2.05) is 72.2 Å². The van der Waals surface area contributed by atoms with Gasteiger partial charge in [0.1, 0.15) is 17.3 Å². The molecule has 220 valence electrons. The number of nitrogens with one attached hydrogen (secondary N) is 2. The van der Waals surface area contributed by atoms with Crippen molar-refractivity contribution >= 4 is 10.9 Å². The summed E-state index contributed by atoms with van der Waals surface area (Å²) in [5, 5.41) is 8.00. The number of ether oxygens (including phenoxy) is 1. The van der Waals surface area contributed by atoms with Crippen LogP contribution in [0.25, 0.3) is 10.9 Å². The number of piperidine rings is 1. The van der Waals surface area contributed by atoms with Crippen molar-refractivity contribution in [2.24, 2.45) is 0 Å². The molecule has 1 aliphatic heterocycles. The van der Waals surface area contributed by atoms with Gasteiger partial charge in [-0.3, -0.25) is 4.79 Å². The number of aromatic nitrogens is 1. The van der Waals surface area contributed by atoms with Crippen molar-refractivity contribution in [3.63, 3.8) is 0 Å². The quantitative estimate of drug-likeness (QED) is 0.202. The zero-order valence-corrected chi connectivity index (χ0v) is 24.6. The summed E-state index contributed by atoms with van der Waals surface area (Å²) in [7, 11) is 0. The van der Waals surface area contributed by atoms with Crippen LogP contribution in [0.1, 0.15) is 44.2 Å². The third-order valence-corrected chi connectivity index (χ3v) is 8.00. The number of hydrogen-bond donors (Lipinski definition) is 2. The first-order valence-corrected chi connectivity index (χ1v) is 15.0. The molecular formula is C35H41FN4O2. The molecule has 1 atom stereocenters. The van der Waals surface area contributed by atoms with E-state index in [2.05, 4.69) is 22.5 Å². The molecule has 5 rings (SSSR count). The number of halogens is 1. The number of nitrogens with zero attached hydrogens (tertiary/aromatic N) is 2. The van der Waals surface area contributed by atoms with Gasteiger partial charge in [0.25, 0.3) is 5.56 Å². The van der Waals surface area contributed by atoms with E-state index in [0.29, 0.717) is 25.4 Å². The van der Waals surface area contributed by atoms with E-state index in [1.54, 1.807) is 12.1 Å². The van der Waals surface area contributed by atoms with Crippen LogP contribution in [0.2, 0.25) is 0 Å². The number of fused-ring (bicyclic) bond motifs is 1. The Balaban J connectivity index is 1.34. The molecule has 1 aromatic heterocycles. The van der Waals surface area contributed by atoms with E-state index in [0.717, 1.165) is 53.1 Å². The first kappa shape index (κ1) is 29.5. The predicted molar refractivity (Wildman–Crippen MR) is 168 cm³/mol. The lowest BCUT2D eigenvalue weighted by Gasteiger charge is -2.27. The average molecular weight is 569 g/mol. The normalized spacial score (nSPS) is 15.1. The number of rotatable bonds is 12. The molecule has 0 aliphatic carbocycles. The van der Waals surface area contributed by atoms with Crippen molar-refractivity contribution in [1.29, 1.82) is 0 Å². The molecule has 0 unspecified atom stereocenters. The summed E-state index contributed by atoms with van der Waals surface area (Å²) in [6, 6.07) is 24.2. The van der Waals surface area contributed by atoms with Gasteiger partial charge in [-0.25, -0.2) is 4.39 Å². The fourth-order valence-corrected chi connectivity index (χ4v) is 5.56. The fourth-order valence-electron chi connectivity index (χ4n) is 5.56. The molecule has 0 amide bonds.